The summed E-state index contributed by atoms with van der Waals surface area (Å²) in [5, 5.41) is 8.55. The maximum absolute atomic E-state index is 12.3. The molecule has 0 aromatic carbocycles. The fraction of sp³-hybridized carbons (Fsp3) is 0.875. The van der Waals surface area contributed by atoms with Gasteiger partial charge in [0.2, 0.25) is 17.7 Å². The molecule has 0 aliphatic carbocycles. The first kappa shape index (κ1) is 37.6. The number of rotatable bonds is 14. The SMILES string of the molecule is CC.CC.CC.CCCCNC(=O)[C@H](CCCCNC(=O)CN(C)C)NC(=O)CN(C)C. The minimum Gasteiger partial charge on any atom is -0.355 e. The van der Waals surface area contributed by atoms with Gasteiger partial charge in [-0.1, -0.05) is 54.9 Å². The highest BCUT2D eigenvalue weighted by molar-refractivity contribution is 5.88. The van der Waals surface area contributed by atoms with Crippen molar-refractivity contribution in [1.29, 1.82) is 0 Å². The first-order valence-corrected chi connectivity index (χ1v) is 12.4. The van der Waals surface area contributed by atoms with Crippen LogP contribution in [-0.2, 0) is 14.4 Å². The molecular weight excluding hydrogens is 406 g/mol. The average molecular weight is 462 g/mol. The first-order valence-electron chi connectivity index (χ1n) is 12.4. The first-order chi connectivity index (χ1) is 15.3. The lowest BCUT2D eigenvalue weighted by molar-refractivity contribution is -0.129. The molecule has 0 aromatic heterocycles. The number of nitrogens with one attached hydrogen (secondary N) is 3. The highest BCUT2D eigenvalue weighted by Gasteiger charge is 2.20. The highest BCUT2D eigenvalue weighted by atomic mass is 16.2. The molecule has 0 rings (SSSR count). The third-order valence-electron chi connectivity index (χ3n) is 3.64. The molecule has 0 spiro atoms. The molecule has 3 N–H and O–H groups in total. The molecule has 0 saturated carbocycles. The molecule has 0 radical (unpaired) electrons. The van der Waals surface area contributed by atoms with Crippen LogP contribution in [0.4, 0.5) is 0 Å². The van der Waals surface area contributed by atoms with Gasteiger partial charge in [-0.3, -0.25) is 14.4 Å². The summed E-state index contributed by atoms with van der Waals surface area (Å²) >= 11 is 0. The summed E-state index contributed by atoms with van der Waals surface area (Å²) in [5.41, 5.74) is 0. The van der Waals surface area contributed by atoms with Gasteiger partial charge in [-0.2, -0.15) is 0 Å². The molecule has 0 aliphatic heterocycles. The van der Waals surface area contributed by atoms with Crippen molar-refractivity contribution in [1.82, 2.24) is 25.8 Å². The van der Waals surface area contributed by atoms with E-state index in [0.29, 0.717) is 26.1 Å². The number of amides is 3. The predicted molar refractivity (Wildman–Crippen MR) is 138 cm³/mol. The lowest BCUT2D eigenvalue weighted by Crippen LogP contribution is -2.49. The maximum Gasteiger partial charge on any atom is 0.242 e. The predicted octanol–water partition coefficient (Wildman–Crippen LogP) is 2.88. The quantitative estimate of drug-likeness (QED) is 0.346. The van der Waals surface area contributed by atoms with Crippen LogP contribution in [0.3, 0.4) is 0 Å². The van der Waals surface area contributed by atoms with Crippen LogP contribution in [0.2, 0.25) is 0 Å². The van der Waals surface area contributed by atoms with Gasteiger partial charge in [0.05, 0.1) is 13.1 Å². The van der Waals surface area contributed by atoms with Crippen LogP contribution in [0.1, 0.15) is 80.6 Å². The molecular formula is C24H55N5O3. The highest BCUT2D eigenvalue weighted by Crippen LogP contribution is 2.02. The Hall–Kier alpha value is -1.67. The van der Waals surface area contributed by atoms with Gasteiger partial charge in [0, 0.05) is 13.1 Å². The van der Waals surface area contributed by atoms with E-state index in [4.69, 9.17) is 0 Å². The number of unbranched alkanes of at least 4 members (excludes halogenated alkanes) is 2. The number of carbonyl (C=O) groups is 3. The summed E-state index contributed by atoms with van der Waals surface area (Å²) < 4.78 is 0. The molecule has 0 aliphatic rings. The largest absolute Gasteiger partial charge is 0.355 e. The zero-order valence-electron chi connectivity index (χ0n) is 23.1. The Morgan fingerprint density at radius 1 is 0.688 bits per heavy atom. The van der Waals surface area contributed by atoms with Gasteiger partial charge in [0.1, 0.15) is 6.04 Å². The van der Waals surface area contributed by atoms with Crippen molar-refractivity contribution in [2.24, 2.45) is 0 Å². The topological polar surface area (TPSA) is 93.8 Å². The van der Waals surface area contributed by atoms with E-state index in [1.807, 2.05) is 74.6 Å². The molecule has 1 atom stereocenters. The number of hydrogen-bond donors (Lipinski definition) is 3. The van der Waals surface area contributed by atoms with Crippen molar-refractivity contribution in [3.63, 3.8) is 0 Å². The molecule has 194 valence electrons. The smallest absolute Gasteiger partial charge is 0.242 e. The van der Waals surface area contributed by atoms with Crippen molar-refractivity contribution >= 4 is 17.7 Å². The van der Waals surface area contributed by atoms with Gasteiger partial charge in [0.25, 0.3) is 0 Å². The Morgan fingerprint density at radius 2 is 1.16 bits per heavy atom. The minimum absolute atomic E-state index is 0.0110. The van der Waals surface area contributed by atoms with Crippen molar-refractivity contribution in [2.75, 3.05) is 54.4 Å². The molecule has 8 heteroatoms. The molecule has 0 bridgehead atoms. The van der Waals surface area contributed by atoms with Gasteiger partial charge < -0.3 is 25.8 Å². The van der Waals surface area contributed by atoms with E-state index in [0.717, 1.165) is 25.7 Å². The van der Waals surface area contributed by atoms with Crippen molar-refractivity contribution in [3.05, 3.63) is 0 Å². The number of likely N-dealkylation sites (N-methyl/N-ethyl adjacent to an activating group) is 2. The molecule has 32 heavy (non-hydrogen) atoms. The van der Waals surface area contributed by atoms with Crippen LogP contribution in [0.25, 0.3) is 0 Å². The van der Waals surface area contributed by atoms with Crippen LogP contribution in [0, 0.1) is 0 Å². The molecule has 0 heterocycles. The molecule has 3 amide bonds. The Bertz CT molecular complexity index is 430. The summed E-state index contributed by atoms with van der Waals surface area (Å²) in [7, 11) is 7.31. The fourth-order valence-electron chi connectivity index (χ4n) is 2.35. The van der Waals surface area contributed by atoms with Crippen LogP contribution >= 0.6 is 0 Å². The van der Waals surface area contributed by atoms with E-state index < -0.39 is 6.04 Å². The second kappa shape index (κ2) is 29.3. The van der Waals surface area contributed by atoms with Gasteiger partial charge in [-0.25, -0.2) is 0 Å². The molecule has 0 aromatic rings. The number of carbonyl (C=O) groups excluding carboxylic acids is 3. The minimum atomic E-state index is -0.531. The van der Waals surface area contributed by atoms with Crippen molar-refractivity contribution in [2.45, 2.75) is 86.6 Å². The average Bonchev–Trinajstić information content (AvgIpc) is 2.76. The molecule has 0 fully saturated rings. The van der Waals surface area contributed by atoms with E-state index in [-0.39, 0.29) is 24.3 Å². The van der Waals surface area contributed by atoms with Crippen LogP contribution in [0.5, 0.6) is 0 Å². The van der Waals surface area contributed by atoms with Crippen LogP contribution in [0.15, 0.2) is 0 Å². The second-order valence-corrected chi connectivity index (χ2v) is 7.09. The summed E-state index contributed by atoms with van der Waals surface area (Å²) in [4.78, 5) is 39.5. The number of hydrogen-bond acceptors (Lipinski definition) is 5. The third-order valence-corrected chi connectivity index (χ3v) is 3.64. The number of nitrogens with zero attached hydrogens (tertiary/aromatic N) is 2. The zero-order chi connectivity index (χ0) is 25.9. The standard InChI is InChI=1S/C18H37N5O3.3C2H6/c1-6-7-11-20-18(26)15(21-17(25)14-23(4)5)10-8-9-12-19-16(24)13-22(2)3;3*1-2/h15H,6-14H2,1-5H3,(H,19,24)(H,20,26)(H,21,25);3*1-2H3/t15-;;;/m0.../s1. The van der Waals surface area contributed by atoms with Crippen molar-refractivity contribution in [3.8, 4) is 0 Å². The Balaban J connectivity index is -0.000000597. The fourth-order valence-corrected chi connectivity index (χ4v) is 2.35. The molecule has 0 saturated heterocycles. The third kappa shape index (κ3) is 28.3. The van der Waals surface area contributed by atoms with Crippen molar-refractivity contribution < 1.29 is 14.4 Å². The summed E-state index contributed by atoms with van der Waals surface area (Å²) in [6.07, 6.45) is 3.99. The Labute approximate surface area is 199 Å². The van der Waals surface area contributed by atoms with E-state index in [9.17, 15) is 14.4 Å². The van der Waals surface area contributed by atoms with Gasteiger partial charge in [0.15, 0.2) is 0 Å². The summed E-state index contributed by atoms with van der Waals surface area (Å²) in [6, 6.07) is -0.531. The second-order valence-electron chi connectivity index (χ2n) is 7.09. The van der Waals surface area contributed by atoms with Gasteiger partial charge >= 0.3 is 0 Å². The van der Waals surface area contributed by atoms with E-state index in [1.165, 1.54) is 0 Å². The molecule has 0 unspecified atom stereocenters. The lowest BCUT2D eigenvalue weighted by atomic mass is 10.1. The maximum atomic E-state index is 12.3. The zero-order valence-corrected chi connectivity index (χ0v) is 23.1. The monoisotopic (exact) mass is 461 g/mol. The van der Waals surface area contributed by atoms with Gasteiger partial charge in [-0.15, -0.1) is 0 Å². The van der Waals surface area contributed by atoms with E-state index in [2.05, 4.69) is 22.9 Å². The summed E-state index contributed by atoms with van der Waals surface area (Å²) in [5.74, 6) is -0.310. The van der Waals surface area contributed by atoms with E-state index in [1.54, 1.807) is 4.90 Å². The van der Waals surface area contributed by atoms with Gasteiger partial charge in [-0.05, 0) is 53.9 Å². The summed E-state index contributed by atoms with van der Waals surface area (Å²) in [6.45, 7) is 15.9. The normalized spacial score (nSPS) is 10.4. The molecule has 8 nitrogen and oxygen atoms in total. The van der Waals surface area contributed by atoms with Crippen LogP contribution < -0.4 is 16.0 Å². The lowest BCUT2D eigenvalue weighted by Gasteiger charge is -2.20. The Kier molecular flexibility index (Phi) is 34.5. The van der Waals surface area contributed by atoms with Crippen LogP contribution in [-0.4, -0.2) is 87.9 Å². The van der Waals surface area contributed by atoms with E-state index >= 15 is 0 Å². The Morgan fingerprint density at radius 3 is 1.62 bits per heavy atom.